The summed E-state index contributed by atoms with van der Waals surface area (Å²) in [6.45, 7) is 6.53. The van der Waals surface area contributed by atoms with Crippen LogP contribution in [0, 0.1) is 11.8 Å². The van der Waals surface area contributed by atoms with Crippen LogP contribution in [-0.2, 0) is 13.0 Å². The van der Waals surface area contributed by atoms with Crippen molar-refractivity contribution in [2.45, 2.75) is 33.8 Å². The highest BCUT2D eigenvalue weighted by Crippen LogP contribution is 2.19. The van der Waals surface area contributed by atoms with E-state index in [0.29, 0.717) is 0 Å². The molecule has 1 N–H and O–H groups in total. The number of aliphatic hydroxyl groups excluding tert-OH is 1. The van der Waals surface area contributed by atoms with E-state index in [2.05, 4.69) is 32.2 Å². The number of hydrogen-bond donors (Lipinski definition) is 1. The van der Waals surface area contributed by atoms with Crippen LogP contribution in [0.2, 0.25) is 0 Å². The van der Waals surface area contributed by atoms with E-state index in [1.807, 2.05) is 18.2 Å². The molecule has 0 aromatic carbocycles. The van der Waals surface area contributed by atoms with Gasteiger partial charge in [0.2, 0.25) is 0 Å². The molecule has 14 heavy (non-hydrogen) atoms. The number of aliphatic hydroxyl groups is 1. The van der Waals surface area contributed by atoms with Crippen LogP contribution in [0.25, 0.3) is 0 Å². The smallest absolute Gasteiger partial charge is 0.0853 e. The van der Waals surface area contributed by atoms with Gasteiger partial charge >= 0.3 is 0 Å². The van der Waals surface area contributed by atoms with Crippen LogP contribution in [0.5, 0.6) is 0 Å². The highest BCUT2D eigenvalue weighted by atomic mass is 16.3. The lowest BCUT2D eigenvalue weighted by Gasteiger charge is -2.16. The molecule has 0 fully saturated rings. The molecule has 0 unspecified atom stereocenters. The van der Waals surface area contributed by atoms with E-state index in [1.54, 1.807) is 0 Å². The van der Waals surface area contributed by atoms with Crippen molar-refractivity contribution in [3.63, 3.8) is 0 Å². The third-order valence-corrected chi connectivity index (χ3v) is 1.95. The molecule has 0 aliphatic rings. The molecule has 2 nitrogen and oxygen atoms in total. The van der Waals surface area contributed by atoms with Gasteiger partial charge in [-0.3, -0.25) is 4.98 Å². The molecule has 0 saturated carbocycles. The standard InChI is InChI=1S/C12H18NO/c1-12(2,3)8-7-10-5-4-6-11(9-14)13-10/h4-6,8,14H,7,9H2,1-3H3. The Morgan fingerprint density at radius 3 is 2.50 bits per heavy atom. The summed E-state index contributed by atoms with van der Waals surface area (Å²) < 4.78 is 0. The topological polar surface area (TPSA) is 33.1 Å². The predicted octanol–water partition coefficient (Wildman–Crippen LogP) is 2.37. The first-order valence-corrected chi connectivity index (χ1v) is 4.91. The lowest BCUT2D eigenvalue weighted by Crippen LogP contribution is -2.08. The highest BCUT2D eigenvalue weighted by molar-refractivity contribution is 5.12. The van der Waals surface area contributed by atoms with Crippen LogP contribution < -0.4 is 0 Å². The van der Waals surface area contributed by atoms with Gasteiger partial charge in [-0.15, -0.1) is 0 Å². The van der Waals surface area contributed by atoms with Crippen LogP contribution in [0.1, 0.15) is 32.2 Å². The summed E-state index contributed by atoms with van der Waals surface area (Å²) in [7, 11) is 0. The molecule has 1 rings (SSSR count). The first-order valence-electron chi connectivity index (χ1n) is 4.91. The van der Waals surface area contributed by atoms with Gasteiger partial charge in [-0.2, -0.15) is 0 Å². The summed E-state index contributed by atoms with van der Waals surface area (Å²) in [5.74, 6) is 0. The molecule has 1 aromatic rings. The van der Waals surface area contributed by atoms with Gasteiger partial charge in [-0.1, -0.05) is 26.8 Å². The Hall–Kier alpha value is -0.890. The van der Waals surface area contributed by atoms with E-state index in [1.165, 1.54) is 0 Å². The molecule has 0 aliphatic heterocycles. The van der Waals surface area contributed by atoms with E-state index < -0.39 is 0 Å². The van der Waals surface area contributed by atoms with Gasteiger partial charge in [-0.05, 0) is 30.4 Å². The fourth-order valence-corrected chi connectivity index (χ4v) is 1.14. The molecule has 0 atom stereocenters. The fraction of sp³-hybridized carbons (Fsp3) is 0.500. The van der Waals surface area contributed by atoms with E-state index in [9.17, 15) is 0 Å². The highest BCUT2D eigenvalue weighted by Gasteiger charge is 2.10. The molecule has 0 bridgehead atoms. The first kappa shape index (κ1) is 11.2. The van der Waals surface area contributed by atoms with Gasteiger partial charge in [0.05, 0.1) is 12.3 Å². The third kappa shape index (κ3) is 3.88. The van der Waals surface area contributed by atoms with Gasteiger partial charge in [-0.25, -0.2) is 0 Å². The molecule has 2 heteroatoms. The van der Waals surface area contributed by atoms with Crippen molar-refractivity contribution in [3.05, 3.63) is 36.0 Å². The van der Waals surface area contributed by atoms with Gasteiger partial charge in [0, 0.05) is 5.69 Å². The van der Waals surface area contributed by atoms with Gasteiger partial charge in [0.1, 0.15) is 0 Å². The number of pyridine rings is 1. The third-order valence-electron chi connectivity index (χ3n) is 1.95. The number of hydrogen-bond acceptors (Lipinski definition) is 2. The number of rotatable bonds is 3. The summed E-state index contributed by atoms with van der Waals surface area (Å²) in [5.41, 5.74) is 1.98. The molecular weight excluding hydrogens is 174 g/mol. The van der Waals surface area contributed by atoms with Crippen LogP contribution in [0.3, 0.4) is 0 Å². The second kappa shape index (κ2) is 4.56. The molecule has 77 valence electrons. The molecule has 0 aliphatic carbocycles. The van der Waals surface area contributed by atoms with Crippen molar-refractivity contribution in [2.75, 3.05) is 0 Å². The van der Waals surface area contributed by atoms with Crippen molar-refractivity contribution in [1.82, 2.24) is 4.98 Å². The number of nitrogens with zero attached hydrogens (tertiary/aromatic N) is 1. The second-order valence-corrected chi connectivity index (χ2v) is 4.55. The lowest BCUT2D eigenvalue weighted by atomic mass is 9.90. The Labute approximate surface area is 86.0 Å². The summed E-state index contributed by atoms with van der Waals surface area (Å²) >= 11 is 0. The monoisotopic (exact) mass is 192 g/mol. The van der Waals surface area contributed by atoms with Crippen molar-refractivity contribution >= 4 is 0 Å². The summed E-state index contributed by atoms with van der Waals surface area (Å²) in [4.78, 5) is 4.31. The molecule has 1 aromatic heterocycles. The van der Waals surface area contributed by atoms with Crippen LogP contribution in [-0.4, -0.2) is 10.1 Å². The zero-order valence-electron chi connectivity index (χ0n) is 9.12. The SMILES string of the molecule is CC(C)(C)[CH]Cc1cccc(CO)n1. The molecule has 1 radical (unpaired) electrons. The molecular formula is C12H18NO. The zero-order valence-corrected chi connectivity index (χ0v) is 9.12. The zero-order chi connectivity index (χ0) is 10.6. The predicted molar refractivity (Wildman–Crippen MR) is 57.6 cm³/mol. The Bertz CT molecular complexity index is 289. The number of aromatic nitrogens is 1. The molecule has 0 saturated heterocycles. The Morgan fingerprint density at radius 1 is 1.29 bits per heavy atom. The van der Waals surface area contributed by atoms with E-state index in [-0.39, 0.29) is 12.0 Å². The van der Waals surface area contributed by atoms with E-state index in [4.69, 9.17) is 5.11 Å². The minimum Gasteiger partial charge on any atom is -0.390 e. The molecule has 0 amide bonds. The maximum Gasteiger partial charge on any atom is 0.0853 e. The first-order chi connectivity index (χ1) is 6.51. The normalized spacial score (nSPS) is 11.7. The fourth-order valence-electron chi connectivity index (χ4n) is 1.14. The maximum atomic E-state index is 8.92. The molecule has 1 heterocycles. The summed E-state index contributed by atoms with van der Waals surface area (Å²) in [5, 5.41) is 8.92. The largest absolute Gasteiger partial charge is 0.390 e. The van der Waals surface area contributed by atoms with Crippen molar-refractivity contribution in [3.8, 4) is 0 Å². The van der Waals surface area contributed by atoms with Crippen molar-refractivity contribution < 1.29 is 5.11 Å². The van der Waals surface area contributed by atoms with Gasteiger partial charge < -0.3 is 5.11 Å². The summed E-state index contributed by atoms with van der Waals surface area (Å²) in [6, 6.07) is 5.76. The maximum absolute atomic E-state index is 8.92. The lowest BCUT2D eigenvalue weighted by molar-refractivity contribution is 0.276. The average Bonchev–Trinajstić information content (AvgIpc) is 2.14. The Morgan fingerprint density at radius 2 is 1.93 bits per heavy atom. The van der Waals surface area contributed by atoms with Crippen LogP contribution >= 0.6 is 0 Å². The quantitative estimate of drug-likeness (QED) is 0.797. The summed E-state index contributed by atoms with van der Waals surface area (Å²) in [6.07, 6.45) is 3.09. The van der Waals surface area contributed by atoms with E-state index >= 15 is 0 Å². The van der Waals surface area contributed by atoms with E-state index in [0.717, 1.165) is 17.8 Å². The second-order valence-electron chi connectivity index (χ2n) is 4.55. The minimum absolute atomic E-state index is 0.0172. The van der Waals surface area contributed by atoms with Crippen LogP contribution in [0.4, 0.5) is 0 Å². The van der Waals surface area contributed by atoms with Crippen molar-refractivity contribution in [2.24, 2.45) is 5.41 Å². The Kier molecular flexibility index (Phi) is 3.64. The van der Waals surface area contributed by atoms with Crippen LogP contribution in [0.15, 0.2) is 18.2 Å². The molecule has 0 spiro atoms. The van der Waals surface area contributed by atoms with Gasteiger partial charge in [0.25, 0.3) is 0 Å². The van der Waals surface area contributed by atoms with Crippen molar-refractivity contribution in [1.29, 1.82) is 0 Å². The van der Waals surface area contributed by atoms with Gasteiger partial charge in [0.15, 0.2) is 0 Å². The Balaban J connectivity index is 2.59. The average molecular weight is 192 g/mol. The minimum atomic E-state index is 0.0172.